The predicted octanol–water partition coefficient (Wildman–Crippen LogP) is 3.85. The summed E-state index contributed by atoms with van der Waals surface area (Å²) in [4.78, 5) is 30.0. The number of halogens is 1. The molecule has 0 saturated carbocycles. The summed E-state index contributed by atoms with van der Waals surface area (Å²) in [7, 11) is 0. The Hall–Kier alpha value is -3.55. The fourth-order valence-electron chi connectivity index (χ4n) is 3.59. The van der Waals surface area contributed by atoms with Crippen LogP contribution in [-0.2, 0) is 4.79 Å². The molecule has 1 N–H and O–H groups in total. The highest BCUT2D eigenvalue weighted by atomic mass is 19.1. The van der Waals surface area contributed by atoms with E-state index in [1.54, 1.807) is 41.3 Å². The van der Waals surface area contributed by atoms with Crippen molar-refractivity contribution in [2.24, 2.45) is 0 Å². The number of piperidine rings is 1. The van der Waals surface area contributed by atoms with Crippen molar-refractivity contribution in [3.05, 3.63) is 65.8 Å². The molecule has 0 unspecified atom stereocenters. The fourth-order valence-corrected chi connectivity index (χ4v) is 3.59. The topological polar surface area (TPSA) is 88.3 Å². The number of nitrogens with zero attached hydrogens (tertiary/aromatic N) is 3. The molecule has 0 bridgehead atoms. The second-order valence-corrected chi connectivity index (χ2v) is 7.28. The highest BCUT2D eigenvalue weighted by molar-refractivity contribution is 5.94. The van der Waals surface area contributed by atoms with Gasteiger partial charge in [0.05, 0.1) is 11.5 Å². The SMILES string of the molecule is CC(=O)Nc1ccc(-c2noc([C@H]3CCCN(C(=O)c4ccccc4F)C3)n2)cc1. The van der Waals surface area contributed by atoms with Crippen LogP contribution in [-0.4, -0.2) is 39.9 Å². The van der Waals surface area contributed by atoms with Crippen molar-refractivity contribution in [3.8, 4) is 11.4 Å². The predicted molar refractivity (Wildman–Crippen MR) is 108 cm³/mol. The Labute approximate surface area is 172 Å². The van der Waals surface area contributed by atoms with Gasteiger partial charge in [-0.2, -0.15) is 4.98 Å². The lowest BCUT2D eigenvalue weighted by molar-refractivity contribution is -0.114. The number of likely N-dealkylation sites (tertiary alicyclic amines) is 1. The van der Waals surface area contributed by atoms with E-state index in [0.29, 0.717) is 30.5 Å². The van der Waals surface area contributed by atoms with Crippen LogP contribution in [0.25, 0.3) is 11.4 Å². The number of hydrogen-bond acceptors (Lipinski definition) is 5. The Morgan fingerprint density at radius 2 is 1.93 bits per heavy atom. The molecule has 0 spiro atoms. The molecular weight excluding hydrogens is 387 g/mol. The van der Waals surface area contributed by atoms with E-state index in [4.69, 9.17) is 4.52 Å². The zero-order chi connectivity index (χ0) is 21.1. The van der Waals surface area contributed by atoms with E-state index in [9.17, 15) is 14.0 Å². The molecule has 1 aliphatic rings. The summed E-state index contributed by atoms with van der Waals surface area (Å²) in [6, 6.07) is 13.1. The summed E-state index contributed by atoms with van der Waals surface area (Å²) in [5, 5.41) is 6.76. The number of rotatable bonds is 4. The average molecular weight is 408 g/mol. The first-order valence-corrected chi connectivity index (χ1v) is 9.76. The van der Waals surface area contributed by atoms with Crippen LogP contribution in [0.5, 0.6) is 0 Å². The van der Waals surface area contributed by atoms with Gasteiger partial charge in [0.2, 0.25) is 17.6 Å². The van der Waals surface area contributed by atoms with Crippen LogP contribution < -0.4 is 5.32 Å². The lowest BCUT2D eigenvalue weighted by Crippen LogP contribution is -2.39. The van der Waals surface area contributed by atoms with Crippen molar-refractivity contribution in [1.29, 1.82) is 0 Å². The maximum Gasteiger partial charge on any atom is 0.256 e. The van der Waals surface area contributed by atoms with Gasteiger partial charge in [-0.15, -0.1) is 0 Å². The van der Waals surface area contributed by atoms with E-state index >= 15 is 0 Å². The van der Waals surface area contributed by atoms with Gasteiger partial charge in [0.25, 0.3) is 5.91 Å². The third-order valence-corrected chi connectivity index (χ3v) is 5.07. The molecule has 30 heavy (non-hydrogen) atoms. The summed E-state index contributed by atoms with van der Waals surface area (Å²) in [5.74, 6) is -0.192. The number of nitrogens with one attached hydrogen (secondary N) is 1. The Morgan fingerprint density at radius 1 is 1.17 bits per heavy atom. The second kappa shape index (κ2) is 8.44. The molecule has 154 valence electrons. The van der Waals surface area contributed by atoms with Gasteiger partial charge in [-0.05, 0) is 49.2 Å². The number of anilines is 1. The molecule has 8 heteroatoms. The van der Waals surface area contributed by atoms with Crippen molar-refractivity contribution >= 4 is 17.5 Å². The minimum absolute atomic E-state index is 0.0728. The molecule has 1 atom stereocenters. The van der Waals surface area contributed by atoms with Crippen LogP contribution in [0, 0.1) is 5.82 Å². The minimum atomic E-state index is -0.521. The zero-order valence-electron chi connectivity index (χ0n) is 16.5. The Balaban J connectivity index is 1.47. The number of carbonyl (C=O) groups excluding carboxylic acids is 2. The summed E-state index contributed by atoms with van der Waals surface area (Å²) < 4.78 is 19.5. The zero-order valence-corrected chi connectivity index (χ0v) is 16.5. The molecule has 7 nitrogen and oxygen atoms in total. The van der Waals surface area contributed by atoms with Crippen LogP contribution in [0.15, 0.2) is 53.1 Å². The summed E-state index contributed by atoms with van der Waals surface area (Å²) in [6.45, 7) is 2.41. The normalized spacial score (nSPS) is 16.3. The summed E-state index contributed by atoms with van der Waals surface area (Å²) in [5.41, 5.74) is 1.52. The van der Waals surface area contributed by atoms with Crippen molar-refractivity contribution in [3.63, 3.8) is 0 Å². The first-order chi connectivity index (χ1) is 14.5. The first-order valence-electron chi connectivity index (χ1n) is 9.76. The van der Waals surface area contributed by atoms with Crippen molar-refractivity contribution in [1.82, 2.24) is 15.0 Å². The van der Waals surface area contributed by atoms with Gasteiger partial charge in [-0.3, -0.25) is 9.59 Å². The standard InChI is InChI=1S/C22H21FN4O3/c1-14(28)24-17-10-8-15(9-11-17)20-25-21(30-26-20)16-5-4-12-27(13-16)22(29)18-6-2-3-7-19(18)23/h2-3,6-11,16H,4-5,12-13H2,1H3,(H,24,28)/t16-/m0/s1. The maximum atomic E-state index is 14.0. The molecule has 0 aliphatic carbocycles. The number of amides is 2. The van der Waals surface area contributed by atoms with E-state index in [1.807, 2.05) is 0 Å². The van der Waals surface area contributed by atoms with Crippen LogP contribution in [0.3, 0.4) is 0 Å². The van der Waals surface area contributed by atoms with E-state index in [2.05, 4.69) is 15.5 Å². The molecule has 1 aliphatic heterocycles. The number of aromatic nitrogens is 2. The fraction of sp³-hybridized carbons (Fsp3) is 0.273. The number of benzene rings is 2. The molecule has 4 rings (SSSR count). The lowest BCUT2D eigenvalue weighted by atomic mass is 9.97. The van der Waals surface area contributed by atoms with Gasteiger partial charge in [0.15, 0.2) is 0 Å². The molecule has 3 aromatic rings. The second-order valence-electron chi connectivity index (χ2n) is 7.28. The molecule has 0 radical (unpaired) electrons. The summed E-state index contributed by atoms with van der Waals surface area (Å²) >= 11 is 0. The van der Waals surface area contributed by atoms with Crippen LogP contribution >= 0.6 is 0 Å². The first kappa shape index (κ1) is 19.8. The largest absolute Gasteiger partial charge is 0.339 e. The molecular formula is C22H21FN4O3. The quantitative estimate of drug-likeness (QED) is 0.708. The van der Waals surface area contributed by atoms with Crippen LogP contribution in [0.4, 0.5) is 10.1 Å². The molecule has 2 heterocycles. The smallest absolute Gasteiger partial charge is 0.256 e. The van der Waals surface area contributed by atoms with Crippen molar-refractivity contribution in [2.75, 3.05) is 18.4 Å². The number of carbonyl (C=O) groups is 2. The molecule has 1 aromatic heterocycles. The van der Waals surface area contributed by atoms with Crippen LogP contribution in [0.1, 0.15) is 41.9 Å². The molecule has 2 amide bonds. The van der Waals surface area contributed by atoms with E-state index in [-0.39, 0.29) is 23.3 Å². The van der Waals surface area contributed by atoms with Crippen molar-refractivity contribution in [2.45, 2.75) is 25.7 Å². The van der Waals surface area contributed by atoms with Gasteiger partial charge in [-0.25, -0.2) is 4.39 Å². The lowest BCUT2D eigenvalue weighted by Gasteiger charge is -2.31. The molecule has 1 fully saturated rings. The van der Waals surface area contributed by atoms with Gasteiger partial charge < -0.3 is 14.7 Å². The van der Waals surface area contributed by atoms with Gasteiger partial charge >= 0.3 is 0 Å². The summed E-state index contributed by atoms with van der Waals surface area (Å²) in [6.07, 6.45) is 1.58. The third kappa shape index (κ3) is 4.22. The highest BCUT2D eigenvalue weighted by Gasteiger charge is 2.30. The molecule has 2 aromatic carbocycles. The minimum Gasteiger partial charge on any atom is -0.339 e. The van der Waals surface area contributed by atoms with Crippen LogP contribution in [0.2, 0.25) is 0 Å². The highest BCUT2D eigenvalue weighted by Crippen LogP contribution is 2.29. The van der Waals surface area contributed by atoms with Crippen molar-refractivity contribution < 1.29 is 18.5 Å². The van der Waals surface area contributed by atoms with E-state index in [1.165, 1.54) is 19.1 Å². The maximum absolute atomic E-state index is 14.0. The molecule has 1 saturated heterocycles. The Kier molecular flexibility index (Phi) is 5.56. The Morgan fingerprint density at radius 3 is 2.67 bits per heavy atom. The Bertz CT molecular complexity index is 1060. The monoisotopic (exact) mass is 408 g/mol. The number of hydrogen-bond donors (Lipinski definition) is 1. The third-order valence-electron chi connectivity index (χ3n) is 5.07. The average Bonchev–Trinajstić information content (AvgIpc) is 3.24. The van der Waals surface area contributed by atoms with Gasteiger partial charge in [-0.1, -0.05) is 17.3 Å². The van der Waals surface area contributed by atoms with E-state index < -0.39 is 5.82 Å². The van der Waals surface area contributed by atoms with Gasteiger partial charge in [0, 0.05) is 31.3 Å². The van der Waals surface area contributed by atoms with Gasteiger partial charge in [0.1, 0.15) is 5.82 Å². The van der Waals surface area contributed by atoms with E-state index in [0.717, 1.165) is 18.4 Å².